The molecule has 2 aliphatic heterocycles. The summed E-state index contributed by atoms with van der Waals surface area (Å²) in [5.74, 6) is -1.54. The van der Waals surface area contributed by atoms with Crippen molar-refractivity contribution in [2.24, 2.45) is 5.92 Å². The Bertz CT molecular complexity index is 1030. The molecule has 1 aromatic rings. The van der Waals surface area contributed by atoms with Gasteiger partial charge in [0.1, 0.15) is 0 Å². The molecule has 0 bridgehead atoms. The molecule has 0 radical (unpaired) electrons. The number of likely N-dealkylation sites (N-methyl/N-ethyl adjacent to an activating group) is 1. The SMILES string of the molecule is CN(C(=O)COC(=O)C1CCN(S(=O)(=O)c2ccc(Cl)cc2)CC1)[C@H]1CCS(=O)(=O)C1. The highest BCUT2D eigenvalue weighted by Gasteiger charge is 2.35. The van der Waals surface area contributed by atoms with E-state index in [0.29, 0.717) is 11.4 Å². The normalized spacial score (nSPS) is 22.2. The molecule has 1 atom stereocenters. The smallest absolute Gasteiger partial charge is 0.309 e. The number of ether oxygens (including phenoxy) is 1. The number of sulfone groups is 1. The number of nitrogens with zero attached hydrogens (tertiary/aromatic N) is 2. The standard InChI is InChI=1S/C19H25ClN2O7S2/c1-21(16-8-11-30(25,26)13-16)18(23)12-29-19(24)14-6-9-22(10-7-14)31(27,28)17-4-2-15(20)3-5-17/h2-5,14,16H,6-13H2,1H3/t16-/m0/s1. The fourth-order valence-corrected chi connectivity index (χ4v) is 7.09. The van der Waals surface area contributed by atoms with Crippen LogP contribution in [0.3, 0.4) is 0 Å². The highest BCUT2D eigenvalue weighted by Crippen LogP contribution is 2.25. The Hall–Kier alpha value is -1.69. The van der Waals surface area contributed by atoms with E-state index in [9.17, 15) is 26.4 Å². The molecule has 1 aromatic carbocycles. The lowest BCUT2D eigenvalue weighted by atomic mass is 9.98. The highest BCUT2D eigenvalue weighted by molar-refractivity contribution is 7.91. The molecule has 31 heavy (non-hydrogen) atoms. The summed E-state index contributed by atoms with van der Waals surface area (Å²) in [7, 11) is -5.29. The van der Waals surface area contributed by atoms with E-state index < -0.39 is 50.3 Å². The molecule has 0 N–H and O–H groups in total. The third kappa shape index (κ3) is 5.76. The molecule has 0 saturated carbocycles. The first kappa shape index (κ1) is 24.0. The zero-order chi connectivity index (χ0) is 22.8. The molecule has 2 saturated heterocycles. The number of amides is 1. The first-order chi connectivity index (χ1) is 14.5. The van der Waals surface area contributed by atoms with Gasteiger partial charge >= 0.3 is 5.97 Å². The number of hydrogen-bond acceptors (Lipinski definition) is 7. The third-order valence-corrected chi connectivity index (χ3v) is 9.64. The Morgan fingerprint density at radius 1 is 1.16 bits per heavy atom. The van der Waals surface area contributed by atoms with E-state index in [2.05, 4.69) is 0 Å². The Balaban J connectivity index is 1.48. The minimum absolute atomic E-state index is 0.0482. The molecule has 3 rings (SSSR count). The fourth-order valence-electron chi connectivity index (χ4n) is 3.72. The maximum atomic E-state index is 12.7. The van der Waals surface area contributed by atoms with Crippen molar-refractivity contribution >= 4 is 43.3 Å². The fraction of sp³-hybridized carbons (Fsp3) is 0.579. The number of carbonyl (C=O) groups excluding carboxylic acids is 2. The van der Waals surface area contributed by atoms with E-state index in [1.165, 1.54) is 40.5 Å². The number of carbonyl (C=O) groups is 2. The minimum Gasteiger partial charge on any atom is -0.455 e. The number of halogens is 1. The van der Waals surface area contributed by atoms with Crippen LogP contribution in [0.2, 0.25) is 5.02 Å². The van der Waals surface area contributed by atoms with Gasteiger partial charge in [-0.25, -0.2) is 16.8 Å². The summed E-state index contributed by atoms with van der Waals surface area (Å²) in [6.45, 7) is -0.133. The van der Waals surface area contributed by atoms with Crippen LogP contribution < -0.4 is 0 Å². The molecule has 0 spiro atoms. The number of benzene rings is 1. The molecular weight excluding hydrogens is 468 g/mol. The average Bonchev–Trinajstić information content (AvgIpc) is 3.11. The van der Waals surface area contributed by atoms with E-state index in [1.807, 2.05) is 0 Å². The van der Waals surface area contributed by atoms with Crippen molar-refractivity contribution in [2.75, 3.05) is 38.2 Å². The van der Waals surface area contributed by atoms with Crippen LogP contribution >= 0.6 is 11.6 Å². The van der Waals surface area contributed by atoms with Gasteiger partial charge in [-0.1, -0.05) is 11.6 Å². The maximum absolute atomic E-state index is 12.7. The first-order valence-electron chi connectivity index (χ1n) is 9.88. The molecular formula is C19H25ClN2O7S2. The van der Waals surface area contributed by atoms with Gasteiger partial charge in [-0.15, -0.1) is 0 Å². The second kappa shape index (κ2) is 9.43. The largest absolute Gasteiger partial charge is 0.455 e. The summed E-state index contributed by atoms with van der Waals surface area (Å²) in [5.41, 5.74) is 0. The van der Waals surface area contributed by atoms with Crippen molar-refractivity contribution < 1.29 is 31.2 Å². The lowest BCUT2D eigenvalue weighted by Crippen LogP contribution is -2.42. The van der Waals surface area contributed by atoms with Gasteiger partial charge in [0.25, 0.3) is 5.91 Å². The van der Waals surface area contributed by atoms with Gasteiger partial charge in [-0.2, -0.15) is 4.31 Å². The van der Waals surface area contributed by atoms with Gasteiger partial charge in [0.15, 0.2) is 16.4 Å². The second-order valence-corrected chi connectivity index (χ2v) is 12.4. The number of hydrogen-bond donors (Lipinski definition) is 0. The average molecular weight is 493 g/mol. The van der Waals surface area contributed by atoms with Crippen LogP contribution in [0.15, 0.2) is 29.2 Å². The molecule has 2 fully saturated rings. The van der Waals surface area contributed by atoms with Gasteiger partial charge in [0.05, 0.1) is 22.3 Å². The predicted molar refractivity (Wildman–Crippen MR) is 114 cm³/mol. The lowest BCUT2D eigenvalue weighted by molar-refractivity contribution is -0.156. The van der Waals surface area contributed by atoms with E-state index in [4.69, 9.17) is 16.3 Å². The van der Waals surface area contributed by atoms with Gasteiger partial charge in [-0.3, -0.25) is 9.59 Å². The summed E-state index contributed by atoms with van der Waals surface area (Å²) in [5, 5.41) is 0.440. The molecule has 0 aromatic heterocycles. The second-order valence-electron chi connectivity index (χ2n) is 7.80. The van der Waals surface area contributed by atoms with Crippen LogP contribution in [0.25, 0.3) is 0 Å². The van der Waals surface area contributed by atoms with E-state index in [1.54, 1.807) is 0 Å². The predicted octanol–water partition coefficient (Wildman–Crippen LogP) is 0.929. The molecule has 172 valence electrons. The molecule has 9 nitrogen and oxygen atoms in total. The van der Waals surface area contributed by atoms with Crippen LogP contribution in [0, 0.1) is 5.92 Å². The van der Waals surface area contributed by atoms with E-state index in [-0.39, 0.29) is 42.3 Å². The van der Waals surface area contributed by atoms with Crippen LogP contribution in [0.4, 0.5) is 0 Å². The topological polar surface area (TPSA) is 118 Å². The molecule has 0 unspecified atom stereocenters. The maximum Gasteiger partial charge on any atom is 0.309 e. The van der Waals surface area contributed by atoms with E-state index >= 15 is 0 Å². The van der Waals surface area contributed by atoms with Crippen molar-refractivity contribution in [3.63, 3.8) is 0 Å². The van der Waals surface area contributed by atoms with Gasteiger partial charge in [-0.05, 0) is 43.5 Å². The number of esters is 1. The van der Waals surface area contributed by atoms with Gasteiger partial charge in [0, 0.05) is 31.2 Å². The number of piperidine rings is 1. The van der Waals surface area contributed by atoms with Crippen LogP contribution in [0.5, 0.6) is 0 Å². The number of sulfonamides is 1. The Kier molecular flexibility index (Phi) is 7.29. The molecule has 1 amide bonds. The molecule has 12 heteroatoms. The van der Waals surface area contributed by atoms with Gasteiger partial charge in [0.2, 0.25) is 10.0 Å². The Labute approximate surface area is 187 Å². The quantitative estimate of drug-likeness (QED) is 0.542. The first-order valence-corrected chi connectivity index (χ1v) is 13.5. The Morgan fingerprint density at radius 3 is 2.32 bits per heavy atom. The molecule has 0 aliphatic carbocycles. The summed E-state index contributed by atoms with van der Waals surface area (Å²) in [4.78, 5) is 26.0. The zero-order valence-electron chi connectivity index (χ0n) is 17.1. The van der Waals surface area contributed by atoms with Crippen LogP contribution in [-0.4, -0.2) is 82.2 Å². The summed E-state index contributed by atoms with van der Waals surface area (Å²) in [6, 6.07) is 5.49. The molecule has 2 aliphatic rings. The Morgan fingerprint density at radius 2 is 1.77 bits per heavy atom. The van der Waals surface area contributed by atoms with Crippen molar-refractivity contribution in [1.82, 2.24) is 9.21 Å². The van der Waals surface area contributed by atoms with Gasteiger partial charge < -0.3 is 9.64 Å². The monoisotopic (exact) mass is 492 g/mol. The zero-order valence-corrected chi connectivity index (χ0v) is 19.5. The third-order valence-electron chi connectivity index (χ3n) is 5.73. The van der Waals surface area contributed by atoms with Crippen LogP contribution in [0.1, 0.15) is 19.3 Å². The van der Waals surface area contributed by atoms with E-state index in [0.717, 1.165) is 0 Å². The lowest BCUT2D eigenvalue weighted by Gasteiger charge is -2.30. The van der Waals surface area contributed by atoms with Crippen molar-refractivity contribution in [3.8, 4) is 0 Å². The summed E-state index contributed by atoms with van der Waals surface area (Å²) >= 11 is 5.81. The number of rotatable bonds is 6. The molecule has 2 heterocycles. The van der Waals surface area contributed by atoms with Crippen molar-refractivity contribution in [1.29, 1.82) is 0 Å². The summed E-state index contributed by atoms with van der Waals surface area (Å²) in [6.07, 6.45) is 0.951. The van der Waals surface area contributed by atoms with Crippen molar-refractivity contribution in [3.05, 3.63) is 29.3 Å². The summed E-state index contributed by atoms with van der Waals surface area (Å²) < 4.78 is 55.0. The highest BCUT2D eigenvalue weighted by atomic mass is 35.5. The van der Waals surface area contributed by atoms with Crippen molar-refractivity contribution in [2.45, 2.75) is 30.2 Å². The van der Waals surface area contributed by atoms with Crippen LogP contribution in [-0.2, 0) is 34.2 Å². The minimum atomic E-state index is -3.67.